The molecule has 5 rings (SSSR count). The van der Waals surface area contributed by atoms with Crippen LogP contribution in [-0.4, -0.2) is 23.1 Å². The van der Waals surface area contributed by atoms with E-state index in [9.17, 15) is 13.2 Å². The summed E-state index contributed by atoms with van der Waals surface area (Å²) in [6.45, 7) is 1.68. The highest BCUT2D eigenvalue weighted by Crippen LogP contribution is 2.34. The number of nitrogens with zero attached hydrogens (tertiary/aromatic N) is 1. The Bertz CT molecular complexity index is 1310. The maximum Gasteiger partial charge on any atom is 0.138 e. The quantitative estimate of drug-likeness (QED) is 0.429. The minimum Gasteiger partial charge on any atom is -0.489 e. The number of halogens is 3. The number of aromatic nitrogens is 2. The van der Waals surface area contributed by atoms with Gasteiger partial charge in [-0.15, -0.1) is 0 Å². The van der Waals surface area contributed by atoms with Gasteiger partial charge in [-0.25, -0.2) is 18.2 Å². The fourth-order valence-corrected chi connectivity index (χ4v) is 3.96. The predicted octanol–water partition coefficient (Wildman–Crippen LogP) is 5.60. The SMILES string of the molecule is Fc1cc(F)cc(COc2ccc(F)c(-c3ccnc4[nH]c(C5=CCNCC5)cc34)c2)c1. The zero-order valence-corrected chi connectivity index (χ0v) is 17.1. The average molecular weight is 435 g/mol. The van der Waals surface area contributed by atoms with Crippen LogP contribution in [0.25, 0.3) is 27.7 Å². The van der Waals surface area contributed by atoms with Crippen LogP contribution in [0.2, 0.25) is 0 Å². The van der Waals surface area contributed by atoms with E-state index in [0.717, 1.165) is 36.7 Å². The molecular formula is C25H20F3N3O. The van der Waals surface area contributed by atoms with Crippen molar-refractivity contribution in [2.75, 3.05) is 13.1 Å². The summed E-state index contributed by atoms with van der Waals surface area (Å²) >= 11 is 0. The fourth-order valence-electron chi connectivity index (χ4n) is 3.96. The Labute approximate surface area is 182 Å². The van der Waals surface area contributed by atoms with E-state index in [1.807, 2.05) is 6.07 Å². The number of H-pyrrole nitrogens is 1. The van der Waals surface area contributed by atoms with Crippen molar-refractivity contribution in [2.24, 2.45) is 0 Å². The molecule has 2 aromatic heterocycles. The van der Waals surface area contributed by atoms with Crippen molar-refractivity contribution in [1.82, 2.24) is 15.3 Å². The molecule has 0 amide bonds. The monoisotopic (exact) mass is 435 g/mol. The first-order valence-corrected chi connectivity index (χ1v) is 10.3. The molecule has 2 aromatic carbocycles. The van der Waals surface area contributed by atoms with Crippen LogP contribution >= 0.6 is 0 Å². The highest BCUT2D eigenvalue weighted by Gasteiger charge is 2.15. The summed E-state index contributed by atoms with van der Waals surface area (Å²) in [5.74, 6) is -1.34. The Morgan fingerprint density at radius 1 is 0.938 bits per heavy atom. The molecular weight excluding hydrogens is 415 g/mol. The molecule has 2 N–H and O–H groups in total. The minimum absolute atomic E-state index is 0.0397. The van der Waals surface area contributed by atoms with Crippen LogP contribution in [0.3, 0.4) is 0 Å². The summed E-state index contributed by atoms with van der Waals surface area (Å²) in [4.78, 5) is 7.74. The van der Waals surface area contributed by atoms with Gasteiger partial charge in [0.2, 0.25) is 0 Å². The first-order chi connectivity index (χ1) is 15.6. The number of aromatic amines is 1. The van der Waals surface area contributed by atoms with E-state index in [4.69, 9.17) is 4.74 Å². The third-order valence-corrected chi connectivity index (χ3v) is 5.50. The van der Waals surface area contributed by atoms with E-state index >= 15 is 0 Å². The molecule has 0 fully saturated rings. The smallest absolute Gasteiger partial charge is 0.138 e. The number of ether oxygens (including phenoxy) is 1. The lowest BCUT2D eigenvalue weighted by atomic mass is 10.0. The summed E-state index contributed by atoms with van der Waals surface area (Å²) in [6.07, 6.45) is 4.68. The molecule has 1 aliphatic rings. The number of nitrogens with one attached hydrogen (secondary N) is 2. The van der Waals surface area contributed by atoms with Crippen LogP contribution in [0.15, 0.2) is 60.8 Å². The number of hydrogen-bond acceptors (Lipinski definition) is 3. The molecule has 7 heteroatoms. The summed E-state index contributed by atoms with van der Waals surface area (Å²) in [6, 6.07) is 11.4. The second-order valence-corrected chi connectivity index (χ2v) is 7.70. The van der Waals surface area contributed by atoms with E-state index in [1.54, 1.807) is 18.3 Å². The Morgan fingerprint density at radius 3 is 2.56 bits per heavy atom. The number of pyridine rings is 1. The van der Waals surface area contributed by atoms with Gasteiger partial charge in [0.15, 0.2) is 0 Å². The number of fused-ring (bicyclic) bond motifs is 1. The molecule has 0 aliphatic carbocycles. The van der Waals surface area contributed by atoms with Crippen LogP contribution in [0.1, 0.15) is 17.7 Å². The molecule has 0 radical (unpaired) electrons. The zero-order valence-electron chi connectivity index (χ0n) is 17.1. The molecule has 0 saturated carbocycles. The van der Waals surface area contributed by atoms with Gasteiger partial charge in [-0.2, -0.15) is 0 Å². The van der Waals surface area contributed by atoms with Gasteiger partial charge in [0.25, 0.3) is 0 Å². The van der Waals surface area contributed by atoms with E-state index in [2.05, 4.69) is 21.4 Å². The molecule has 32 heavy (non-hydrogen) atoms. The van der Waals surface area contributed by atoms with E-state index in [-0.39, 0.29) is 6.61 Å². The normalized spacial score (nSPS) is 13.9. The van der Waals surface area contributed by atoms with Crippen molar-refractivity contribution in [3.8, 4) is 16.9 Å². The lowest BCUT2D eigenvalue weighted by Gasteiger charge is -2.12. The fraction of sp³-hybridized carbons (Fsp3) is 0.160. The van der Waals surface area contributed by atoms with Crippen molar-refractivity contribution in [2.45, 2.75) is 13.0 Å². The Kier molecular flexibility index (Phi) is 5.41. The molecule has 4 nitrogen and oxygen atoms in total. The topological polar surface area (TPSA) is 49.9 Å². The molecule has 0 unspecified atom stereocenters. The first-order valence-electron chi connectivity index (χ1n) is 10.3. The van der Waals surface area contributed by atoms with Crippen LogP contribution in [-0.2, 0) is 6.61 Å². The third-order valence-electron chi connectivity index (χ3n) is 5.50. The highest BCUT2D eigenvalue weighted by atomic mass is 19.1. The minimum atomic E-state index is -0.672. The molecule has 0 spiro atoms. The lowest BCUT2D eigenvalue weighted by molar-refractivity contribution is 0.304. The van der Waals surface area contributed by atoms with Crippen LogP contribution in [0.5, 0.6) is 5.75 Å². The van der Waals surface area contributed by atoms with E-state index in [1.165, 1.54) is 29.8 Å². The zero-order chi connectivity index (χ0) is 22.1. The van der Waals surface area contributed by atoms with Gasteiger partial charge >= 0.3 is 0 Å². The number of rotatable bonds is 5. The molecule has 4 aromatic rings. The van der Waals surface area contributed by atoms with Gasteiger partial charge in [0.05, 0.1) is 0 Å². The van der Waals surface area contributed by atoms with Crippen LogP contribution < -0.4 is 10.1 Å². The summed E-state index contributed by atoms with van der Waals surface area (Å²) in [7, 11) is 0. The molecule has 0 atom stereocenters. The van der Waals surface area contributed by atoms with Crippen molar-refractivity contribution < 1.29 is 17.9 Å². The molecule has 3 heterocycles. The lowest BCUT2D eigenvalue weighted by Crippen LogP contribution is -2.20. The van der Waals surface area contributed by atoms with Crippen molar-refractivity contribution in [3.05, 3.63) is 89.5 Å². The maximum absolute atomic E-state index is 14.8. The Hall–Kier alpha value is -3.58. The predicted molar refractivity (Wildman–Crippen MR) is 118 cm³/mol. The van der Waals surface area contributed by atoms with Gasteiger partial charge < -0.3 is 15.0 Å². The molecule has 162 valence electrons. The van der Waals surface area contributed by atoms with Crippen molar-refractivity contribution in [3.63, 3.8) is 0 Å². The van der Waals surface area contributed by atoms with Crippen LogP contribution in [0.4, 0.5) is 13.2 Å². The Morgan fingerprint density at radius 2 is 1.78 bits per heavy atom. The summed E-state index contributed by atoms with van der Waals surface area (Å²) < 4.78 is 47.3. The van der Waals surface area contributed by atoms with Crippen molar-refractivity contribution >= 4 is 16.6 Å². The summed E-state index contributed by atoms with van der Waals surface area (Å²) in [5, 5.41) is 4.10. The van der Waals surface area contributed by atoms with Gasteiger partial charge in [-0.3, -0.25) is 0 Å². The van der Waals surface area contributed by atoms with Gasteiger partial charge in [0.1, 0.15) is 35.5 Å². The number of hydrogen-bond donors (Lipinski definition) is 2. The standard InChI is InChI=1S/C25H20F3N3O/c26-17-9-15(10-18(27)11-17)14-32-19-1-2-23(28)21(12-19)20-5-8-30-25-22(20)13-24(31-25)16-3-6-29-7-4-16/h1-3,5,8-13,29H,4,6-7,14H2,(H,30,31). The average Bonchev–Trinajstić information content (AvgIpc) is 3.23. The van der Waals surface area contributed by atoms with Gasteiger partial charge in [0, 0.05) is 35.5 Å². The van der Waals surface area contributed by atoms with Crippen LogP contribution in [0, 0.1) is 17.5 Å². The van der Waals surface area contributed by atoms with E-state index < -0.39 is 17.5 Å². The summed E-state index contributed by atoms with van der Waals surface area (Å²) in [5.41, 5.74) is 4.26. The first kappa shape index (κ1) is 20.3. The second kappa shape index (κ2) is 8.51. The second-order valence-electron chi connectivity index (χ2n) is 7.70. The molecule has 0 bridgehead atoms. The highest BCUT2D eigenvalue weighted by molar-refractivity contribution is 5.95. The molecule has 0 saturated heterocycles. The molecule has 1 aliphatic heterocycles. The van der Waals surface area contributed by atoms with E-state index in [0.29, 0.717) is 28.1 Å². The van der Waals surface area contributed by atoms with Gasteiger partial charge in [-0.05, 0) is 72.1 Å². The largest absolute Gasteiger partial charge is 0.489 e. The number of benzene rings is 2. The maximum atomic E-state index is 14.8. The Balaban J connectivity index is 1.47. The van der Waals surface area contributed by atoms with Gasteiger partial charge in [-0.1, -0.05) is 6.08 Å². The third kappa shape index (κ3) is 4.11. The van der Waals surface area contributed by atoms with Crippen molar-refractivity contribution in [1.29, 1.82) is 0 Å².